The van der Waals surface area contributed by atoms with Crippen molar-refractivity contribution in [3.05, 3.63) is 16.2 Å². The molecule has 90 valence electrons. The van der Waals surface area contributed by atoms with Crippen LogP contribution in [0.5, 0.6) is 0 Å². The van der Waals surface area contributed by atoms with E-state index in [2.05, 4.69) is 25.3 Å². The Bertz CT molecular complexity index is 594. The minimum Gasteiger partial charge on any atom is -0.369 e. The molecule has 3 rings (SSSR count). The molecule has 0 aromatic carbocycles. The molecule has 0 spiro atoms. The molecule has 0 aliphatic carbocycles. The van der Waals surface area contributed by atoms with Crippen molar-refractivity contribution in [2.45, 2.75) is 18.8 Å². The summed E-state index contributed by atoms with van der Waals surface area (Å²) in [4.78, 5) is 25.5. The van der Waals surface area contributed by atoms with Crippen LogP contribution >= 0.6 is 0 Å². The Kier molecular flexibility index (Phi) is 2.32. The number of rotatable bonds is 1. The van der Waals surface area contributed by atoms with Gasteiger partial charge in [0.15, 0.2) is 11.2 Å². The van der Waals surface area contributed by atoms with Gasteiger partial charge in [0.25, 0.3) is 5.56 Å². The van der Waals surface area contributed by atoms with Gasteiger partial charge in [0.2, 0.25) is 5.95 Å². The van der Waals surface area contributed by atoms with E-state index in [0.29, 0.717) is 17.1 Å². The monoisotopic (exact) mass is 234 g/mol. The number of hydrogen-bond acceptors (Lipinski definition) is 5. The van der Waals surface area contributed by atoms with Crippen molar-refractivity contribution >= 4 is 17.1 Å². The second kappa shape index (κ2) is 3.85. The highest BCUT2D eigenvalue weighted by molar-refractivity contribution is 5.70. The van der Waals surface area contributed by atoms with Crippen molar-refractivity contribution in [3.63, 3.8) is 0 Å². The zero-order chi connectivity index (χ0) is 11.8. The van der Waals surface area contributed by atoms with Crippen LogP contribution in [0.15, 0.2) is 4.79 Å². The highest BCUT2D eigenvalue weighted by atomic mass is 16.1. The molecule has 2 aromatic rings. The Morgan fingerprint density at radius 2 is 1.94 bits per heavy atom. The number of imidazole rings is 1. The number of aromatic nitrogens is 4. The summed E-state index contributed by atoms with van der Waals surface area (Å²) in [5.74, 6) is 1.31. The summed E-state index contributed by atoms with van der Waals surface area (Å²) in [7, 11) is 0. The van der Waals surface area contributed by atoms with E-state index in [1.807, 2.05) is 0 Å². The van der Waals surface area contributed by atoms with Crippen LogP contribution in [0.1, 0.15) is 24.6 Å². The molecule has 1 aliphatic rings. The first-order valence-corrected chi connectivity index (χ1v) is 5.70. The average Bonchev–Trinajstić information content (AvgIpc) is 2.74. The third-order valence-corrected chi connectivity index (χ3v) is 3.12. The molecule has 0 bridgehead atoms. The molecular formula is C10H14N6O. The largest absolute Gasteiger partial charge is 0.369 e. The van der Waals surface area contributed by atoms with Gasteiger partial charge in [-0.2, -0.15) is 4.98 Å². The maximum absolute atomic E-state index is 11.6. The van der Waals surface area contributed by atoms with Crippen LogP contribution in [0, 0.1) is 0 Å². The lowest BCUT2D eigenvalue weighted by Gasteiger charge is -2.20. The van der Waals surface area contributed by atoms with Crippen molar-refractivity contribution in [3.8, 4) is 0 Å². The smallest absolute Gasteiger partial charge is 0.278 e. The molecular weight excluding hydrogens is 220 g/mol. The van der Waals surface area contributed by atoms with Gasteiger partial charge in [-0.15, -0.1) is 0 Å². The van der Waals surface area contributed by atoms with Crippen LogP contribution in [0.3, 0.4) is 0 Å². The van der Waals surface area contributed by atoms with Crippen molar-refractivity contribution in [1.82, 2.24) is 25.3 Å². The van der Waals surface area contributed by atoms with E-state index < -0.39 is 0 Å². The number of aromatic amines is 2. The number of H-pyrrole nitrogens is 2. The third-order valence-electron chi connectivity index (χ3n) is 3.12. The van der Waals surface area contributed by atoms with E-state index in [1.165, 1.54) is 0 Å². The molecule has 17 heavy (non-hydrogen) atoms. The first kappa shape index (κ1) is 10.3. The summed E-state index contributed by atoms with van der Waals surface area (Å²) in [6.07, 6.45) is 2.04. The summed E-state index contributed by atoms with van der Waals surface area (Å²) in [5, 5.41) is 3.29. The summed E-state index contributed by atoms with van der Waals surface area (Å²) >= 11 is 0. The molecule has 0 unspecified atom stereocenters. The Morgan fingerprint density at radius 1 is 1.18 bits per heavy atom. The summed E-state index contributed by atoms with van der Waals surface area (Å²) < 4.78 is 0. The molecule has 3 heterocycles. The number of nitrogens with two attached hydrogens (primary N) is 1. The standard InChI is InChI=1S/C10H14N6O/c11-10-15-8-6(9(17)16-10)13-7(14-8)5-1-3-12-4-2-5/h5,12H,1-4H2,(H4,11,13,14,15,16,17). The second-order valence-electron chi connectivity index (χ2n) is 4.30. The van der Waals surface area contributed by atoms with Crippen LogP contribution in [0.25, 0.3) is 11.2 Å². The van der Waals surface area contributed by atoms with Gasteiger partial charge in [0, 0.05) is 5.92 Å². The molecule has 0 radical (unpaired) electrons. The highest BCUT2D eigenvalue weighted by Gasteiger charge is 2.19. The Labute approximate surface area is 96.9 Å². The molecule has 2 aromatic heterocycles. The van der Waals surface area contributed by atoms with Crippen molar-refractivity contribution in [2.75, 3.05) is 18.8 Å². The number of nitrogens with zero attached hydrogens (tertiary/aromatic N) is 2. The lowest BCUT2D eigenvalue weighted by molar-refractivity contribution is 0.448. The van der Waals surface area contributed by atoms with Crippen LogP contribution in [-0.4, -0.2) is 33.0 Å². The number of piperidine rings is 1. The molecule has 0 atom stereocenters. The fourth-order valence-electron chi connectivity index (χ4n) is 2.23. The van der Waals surface area contributed by atoms with E-state index in [-0.39, 0.29) is 11.5 Å². The first-order chi connectivity index (χ1) is 8.24. The first-order valence-electron chi connectivity index (χ1n) is 5.70. The summed E-state index contributed by atoms with van der Waals surface area (Å²) in [6, 6.07) is 0. The van der Waals surface area contributed by atoms with E-state index >= 15 is 0 Å². The Balaban J connectivity index is 2.06. The van der Waals surface area contributed by atoms with E-state index in [9.17, 15) is 4.79 Å². The summed E-state index contributed by atoms with van der Waals surface area (Å²) in [6.45, 7) is 1.96. The highest BCUT2D eigenvalue weighted by Crippen LogP contribution is 2.23. The maximum atomic E-state index is 11.6. The van der Waals surface area contributed by atoms with Gasteiger partial charge < -0.3 is 16.0 Å². The van der Waals surface area contributed by atoms with Crippen LogP contribution in [0.4, 0.5) is 5.95 Å². The molecule has 1 saturated heterocycles. The maximum Gasteiger partial charge on any atom is 0.278 e. The third kappa shape index (κ3) is 1.78. The SMILES string of the molecule is Nc1nc2nc(C3CCNCC3)[nH]c2c(=O)[nH]1. The predicted molar refractivity (Wildman–Crippen MR) is 63.8 cm³/mol. The number of anilines is 1. The predicted octanol–water partition coefficient (Wildman–Crippen LogP) is -0.305. The molecule has 7 heteroatoms. The van der Waals surface area contributed by atoms with Crippen LogP contribution < -0.4 is 16.6 Å². The number of hydrogen-bond donors (Lipinski definition) is 4. The number of nitrogens with one attached hydrogen (secondary N) is 3. The van der Waals surface area contributed by atoms with Crippen molar-refractivity contribution in [1.29, 1.82) is 0 Å². The average molecular weight is 234 g/mol. The van der Waals surface area contributed by atoms with E-state index in [0.717, 1.165) is 31.8 Å². The lowest BCUT2D eigenvalue weighted by Crippen LogP contribution is -2.27. The fourth-order valence-corrected chi connectivity index (χ4v) is 2.23. The van der Waals surface area contributed by atoms with Crippen molar-refractivity contribution < 1.29 is 0 Å². The zero-order valence-electron chi connectivity index (χ0n) is 9.29. The molecule has 1 aliphatic heterocycles. The van der Waals surface area contributed by atoms with Crippen LogP contribution in [0.2, 0.25) is 0 Å². The van der Waals surface area contributed by atoms with Gasteiger partial charge in [-0.25, -0.2) is 4.98 Å². The van der Waals surface area contributed by atoms with Gasteiger partial charge in [-0.3, -0.25) is 9.78 Å². The lowest BCUT2D eigenvalue weighted by atomic mass is 9.98. The van der Waals surface area contributed by atoms with Crippen LogP contribution in [-0.2, 0) is 0 Å². The number of fused-ring (bicyclic) bond motifs is 1. The molecule has 0 saturated carbocycles. The minimum absolute atomic E-state index is 0.103. The zero-order valence-corrected chi connectivity index (χ0v) is 9.29. The van der Waals surface area contributed by atoms with E-state index in [1.54, 1.807) is 0 Å². The topological polar surface area (TPSA) is 112 Å². The quantitative estimate of drug-likeness (QED) is 0.541. The van der Waals surface area contributed by atoms with Gasteiger partial charge in [-0.05, 0) is 25.9 Å². The normalized spacial score (nSPS) is 17.6. The van der Waals surface area contributed by atoms with Crippen molar-refractivity contribution in [2.24, 2.45) is 0 Å². The Hall–Kier alpha value is -1.89. The summed E-state index contributed by atoms with van der Waals surface area (Å²) in [5.41, 5.74) is 6.03. The number of nitrogen functional groups attached to an aromatic ring is 1. The fraction of sp³-hybridized carbons (Fsp3) is 0.500. The van der Waals surface area contributed by atoms with Gasteiger partial charge in [-0.1, -0.05) is 0 Å². The molecule has 0 amide bonds. The second-order valence-corrected chi connectivity index (χ2v) is 4.30. The van der Waals surface area contributed by atoms with Gasteiger partial charge in [0.05, 0.1) is 0 Å². The Morgan fingerprint density at radius 3 is 2.71 bits per heavy atom. The molecule has 5 N–H and O–H groups in total. The van der Waals surface area contributed by atoms with Gasteiger partial charge >= 0.3 is 0 Å². The molecule has 7 nitrogen and oxygen atoms in total. The van der Waals surface area contributed by atoms with Gasteiger partial charge in [0.1, 0.15) is 5.82 Å². The van der Waals surface area contributed by atoms with E-state index in [4.69, 9.17) is 5.73 Å². The minimum atomic E-state index is -0.264. The molecule has 1 fully saturated rings.